The molecule has 2 aliphatic rings. The fourth-order valence-electron chi connectivity index (χ4n) is 4.88. The van der Waals surface area contributed by atoms with Gasteiger partial charge in [-0.25, -0.2) is 13.4 Å². The van der Waals surface area contributed by atoms with Crippen LogP contribution >= 0.6 is 0 Å². The lowest BCUT2D eigenvalue weighted by molar-refractivity contribution is -0.135. The average molecular weight is 452 g/mol. The van der Waals surface area contributed by atoms with Gasteiger partial charge >= 0.3 is 0 Å². The van der Waals surface area contributed by atoms with Gasteiger partial charge in [0.25, 0.3) is 10.0 Å². The van der Waals surface area contributed by atoms with E-state index in [4.69, 9.17) is 0 Å². The van der Waals surface area contributed by atoms with Gasteiger partial charge in [0.2, 0.25) is 11.1 Å². The Kier molecular flexibility index (Phi) is 5.30. The second-order valence-electron chi connectivity index (χ2n) is 8.35. The highest BCUT2D eigenvalue weighted by molar-refractivity contribution is 7.89. The molecule has 0 spiro atoms. The van der Waals surface area contributed by atoms with Crippen LogP contribution in [0.15, 0.2) is 66.5 Å². The van der Waals surface area contributed by atoms with Gasteiger partial charge in [0.05, 0.1) is 23.3 Å². The molecule has 2 aromatic heterocycles. The molecule has 32 heavy (non-hydrogen) atoms. The van der Waals surface area contributed by atoms with E-state index in [2.05, 4.69) is 21.5 Å². The summed E-state index contributed by atoms with van der Waals surface area (Å²) in [6.45, 7) is 4.71. The fourth-order valence-corrected chi connectivity index (χ4v) is 6.68. The van der Waals surface area contributed by atoms with Crippen LogP contribution in [-0.4, -0.2) is 57.1 Å². The Morgan fingerprint density at radius 2 is 1.97 bits per heavy atom. The summed E-state index contributed by atoms with van der Waals surface area (Å²) < 4.78 is 29.0. The minimum atomic E-state index is -4.02. The van der Waals surface area contributed by atoms with Crippen molar-refractivity contribution < 1.29 is 13.2 Å². The smallest absolute Gasteiger partial charge is 0.277 e. The number of hydrogen-bond acceptors (Lipinski definition) is 5. The Balaban J connectivity index is 1.56. The highest BCUT2D eigenvalue weighted by atomic mass is 32.2. The molecule has 1 amide bonds. The van der Waals surface area contributed by atoms with E-state index in [1.54, 1.807) is 29.3 Å². The monoisotopic (exact) mass is 451 g/mol. The summed E-state index contributed by atoms with van der Waals surface area (Å²) in [7, 11) is -4.02. The molecule has 1 aromatic carbocycles. The number of benzene rings is 1. The second-order valence-corrected chi connectivity index (χ2v) is 10.1. The number of carbonyl (C=O) groups excluding carboxylic acids is 1. The number of rotatable bonds is 5. The molecule has 2 saturated heterocycles. The molecule has 9 heteroatoms. The minimum absolute atomic E-state index is 0.121. The maximum atomic E-state index is 13.8. The molecule has 0 saturated carbocycles. The summed E-state index contributed by atoms with van der Waals surface area (Å²) in [4.78, 5) is 27.0. The van der Waals surface area contributed by atoms with Crippen molar-refractivity contribution in [2.24, 2.45) is 5.92 Å². The number of nitrogens with zero attached hydrogens (tertiary/aromatic N) is 4. The van der Waals surface area contributed by atoms with Crippen molar-refractivity contribution >= 4 is 27.0 Å². The van der Waals surface area contributed by atoms with Gasteiger partial charge in [0, 0.05) is 24.7 Å². The van der Waals surface area contributed by atoms with Crippen molar-refractivity contribution in [2.45, 2.75) is 43.0 Å². The maximum absolute atomic E-state index is 13.8. The third kappa shape index (κ3) is 3.51. The summed E-state index contributed by atoms with van der Waals surface area (Å²) in [5.74, 6) is -0.378. The van der Waals surface area contributed by atoms with Crippen molar-refractivity contribution in [1.82, 2.24) is 24.2 Å². The fraction of sp³-hybridized carbons (Fsp3) is 0.348. The van der Waals surface area contributed by atoms with Crippen LogP contribution in [0.4, 0.5) is 0 Å². The quantitative estimate of drug-likeness (QED) is 0.602. The van der Waals surface area contributed by atoms with Gasteiger partial charge in [-0.3, -0.25) is 9.78 Å². The van der Waals surface area contributed by atoms with E-state index in [1.165, 1.54) is 4.31 Å². The van der Waals surface area contributed by atoms with Gasteiger partial charge in [-0.1, -0.05) is 24.3 Å². The zero-order valence-electron chi connectivity index (χ0n) is 17.6. The number of aromatic nitrogens is 3. The first-order valence-electron chi connectivity index (χ1n) is 10.8. The third-order valence-corrected chi connectivity index (χ3v) is 8.17. The summed E-state index contributed by atoms with van der Waals surface area (Å²) in [6, 6.07) is 11.7. The Labute approximate surface area is 187 Å². The zero-order chi connectivity index (χ0) is 22.3. The van der Waals surface area contributed by atoms with Crippen LogP contribution in [0.1, 0.15) is 25.0 Å². The Morgan fingerprint density at radius 1 is 1.16 bits per heavy atom. The normalized spacial score (nSPS) is 24.4. The molecule has 3 atom stereocenters. The van der Waals surface area contributed by atoms with Gasteiger partial charge in [-0.05, 0) is 43.5 Å². The molecule has 4 heterocycles. The Morgan fingerprint density at radius 3 is 2.72 bits per heavy atom. The number of para-hydroxylation sites is 2. The largest absolute Gasteiger partial charge is 0.335 e. The third-order valence-electron chi connectivity index (χ3n) is 6.40. The van der Waals surface area contributed by atoms with Crippen molar-refractivity contribution in [3.8, 4) is 0 Å². The molecular weight excluding hydrogens is 426 g/mol. The zero-order valence-corrected chi connectivity index (χ0v) is 18.4. The molecule has 166 valence electrons. The highest BCUT2D eigenvalue weighted by Gasteiger charge is 2.50. The summed E-state index contributed by atoms with van der Waals surface area (Å²) in [5, 5.41) is -0.121. The van der Waals surface area contributed by atoms with Crippen LogP contribution in [0, 0.1) is 5.92 Å². The van der Waals surface area contributed by atoms with Crippen LogP contribution in [0.3, 0.4) is 0 Å². The van der Waals surface area contributed by atoms with E-state index in [9.17, 15) is 13.2 Å². The number of imidazole rings is 1. The number of piperidine rings is 1. The number of fused-ring (bicyclic) bond motifs is 3. The van der Waals surface area contributed by atoms with E-state index in [1.807, 2.05) is 30.3 Å². The SMILES string of the molecule is C=C[C@@H]1CN(Cc2ccccn2)C(=O)[C@@H]2CCC[C@H]1N2S(=O)(=O)c1nc2ccccc2[nH]1. The molecule has 0 radical (unpaired) electrons. The van der Waals surface area contributed by atoms with Crippen LogP contribution in [0.5, 0.6) is 0 Å². The van der Waals surface area contributed by atoms with E-state index in [0.717, 1.165) is 12.1 Å². The first-order valence-corrected chi connectivity index (χ1v) is 12.2. The summed E-state index contributed by atoms with van der Waals surface area (Å²) in [5.41, 5.74) is 2.00. The number of sulfonamides is 1. The standard InChI is InChI=1S/C23H25N5O3S/c1-2-16-14-27(15-17-8-5-6-13-24-17)22(29)21-12-7-11-20(16)28(21)32(30,31)23-25-18-9-3-4-10-19(18)26-23/h2-6,8-10,13,16,20-21H,1,7,11-12,14-15H2,(H,25,26)/t16-,20-,21+/m1/s1. The van der Waals surface area contributed by atoms with Gasteiger partial charge in [-0.2, -0.15) is 4.31 Å². The van der Waals surface area contributed by atoms with Crippen LogP contribution in [-0.2, 0) is 21.4 Å². The van der Waals surface area contributed by atoms with Crippen LogP contribution < -0.4 is 0 Å². The molecule has 0 aliphatic carbocycles. The number of aromatic amines is 1. The number of H-pyrrole nitrogens is 1. The lowest BCUT2D eigenvalue weighted by Crippen LogP contribution is -2.54. The first kappa shape index (κ1) is 20.8. The average Bonchev–Trinajstić information content (AvgIpc) is 3.24. The molecule has 2 aliphatic heterocycles. The topological polar surface area (TPSA) is 99.3 Å². The Bertz CT molecular complexity index is 1220. The van der Waals surface area contributed by atoms with Gasteiger partial charge in [-0.15, -0.1) is 6.58 Å². The van der Waals surface area contributed by atoms with E-state index in [0.29, 0.717) is 37.0 Å². The minimum Gasteiger partial charge on any atom is -0.335 e. The van der Waals surface area contributed by atoms with Crippen LogP contribution in [0.2, 0.25) is 0 Å². The van der Waals surface area contributed by atoms with E-state index >= 15 is 0 Å². The molecule has 8 nitrogen and oxygen atoms in total. The highest BCUT2D eigenvalue weighted by Crippen LogP contribution is 2.37. The van der Waals surface area contributed by atoms with Crippen molar-refractivity contribution in [1.29, 1.82) is 0 Å². The first-order chi connectivity index (χ1) is 15.5. The van der Waals surface area contributed by atoms with Crippen molar-refractivity contribution in [3.63, 3.8) is 0 Å². The molecule has 0 unspecified atom stereocenters. The number of pyridine rings is 1. The molecule has 5 rings (SSSR count). The van der Waals surface area contributed by atoms with Gasteiger partial charge in [0.15, 0.2) is 0 Å². The van der Waals surface area contributed by atoms with E-state index < -0.39 is 16.1 Å². The second kappa shape index (κ2) is 8.14. The Hall–Kier alpha value is -3.04. The number of amides is 1. The molecule has 2 bridgehead atoms. The van der Waals surface area contributed by atoms with Gasteiger partial charge < -0.3 is 9.88 Å². The number of carbonyl (C=O) groups is 1. The van der Waals surface area contributed by atoms with Crippen LogP contribution in [0.25, 0.3) is 11.0 Å². The number of nitrogens with one attached hydrogen (secondary N) is 1. The molecule has 3 aromatic rings. The summed E-state index contributed by atoms with van der Waals surface area (Å²) >= 11 is 0. The molecular formula is C23H25N5O3S. The van der Waals surface area contributed by atoms with Gasteiger partial charge in [0.1, 0.15) is 6.04 Å². The molecule has 2 fully saturated rings. The number of hydrogen-bond donors (Lipinski definition) is 1. The lowest BCUT2D eigenvalue weighted by atomic mass is 9.90. The van der Waals surface area contributed by atoms with E-state index in [-0.39, 0.29) is 23.0 Å². The predicted molar refractivity (Wildman–Crippen MR) is 120 cm³/mol. The predicted octanol–water partition coefficient (Wildman–Crippen LogP) is 2.71. The van der Waals surface area contributed by atoms with Crippen molar-refractivity contribution in [3.05, 3.63) is 67.0 Å². The summed E-state index contributed by atoms with van der Waals surface area (Å²) in [6.07, 6.45) is 5.42. The maximum Gasteiger partial charge on any atom is 0.277 e. The molecule has 1 N–H and O–H groups in total. The van der Waals surface area contributed by atoms with Crippen molar-refractivity contribution in [2.75, 3.05) is 6.54 Å². The lowest BCUT2D eigenvalue weighted by Gasteiger charge is -2.39.